The lowest BCUT2D eigenvalue weighted by atomic mass is 10.0. The van der Waals surface area contributed by atoms with Gasteiger partial charge in [-0.15, -0.1) is 0 Å². The molecule has 4 aromatic rings. The van der Waals surface area contributed by atoms with E-state index in [-0.39, 0.29) is 0 Å². The first kappa shape index (κ1) is 21.1. The lowest BCUT2D eigenvalue weighted by Gasteiger charge is -2.03. The Bertz CT molecular complexity index is 990. The summed E-state index contributed by atoms with van der Waals surface area (Å²) in [6, 6.07) is 29.8. The van der Waals surface area contributed by atoms with E-state index in [1.807, 2.05) is 12.1 Å². The number of imidazole rings is 1. The van der Waals surface area contributed by atoms with Crippen LogP contribution in [0.4, 0.5) is 0 Å². The summed E-state index contributed by atoms with van der Waals surface area (Å²) in [4.78, 5) is 8.60. The Morgan fingerprint density at radius 3 is 1.90 bits per heavy atom. The molecule has 0 spiro atoms. The minimum absolute atomic E-state index is 0.920. The van der Waals surface area contributed by atoms with Crippen LogP contribution in [-0.2, 0) is 6.42 Å². The molecule has 0 aliphatic carbocycles. The van der Waals surface area contributed by atoms with Crippen molar-refractivity contribution < 1.29 is 0 Å². The third-order valence-electron chi connectivity index (χ3n) is 5.86. The van der Waals surface area contributed by atoms with E-state index in [9.17, 15) is 0 Å². The van der Waals surface area contributed by atoms with Gasteiger partial charge in [0.1, 0.15) is 5.82 Å². The van der Waals surface area contributed by atoms with E-state index in [4.69, 9.17) is 4.98 Å². The molecular formula is C29H32N2. The van der Waals surface area contributed by atoms with Crippen LogP contribution in [0.5, 0.6) is 0 Å². The van der Waals surface area contributed by atoms with Gasteiger partial charge in [-0.1, -0.05) is 124 Å². The monoisotopic (exact) mass is 408 g/mol. The molecule has 0 saturated heterocycles. The maximum absolute atomic E-state index is 5.01. The number of rotatable bonds is 10. The summed E-state index contributed by atoms with van der Waals surface area (Å²) < 4.78 is 0. The van der Waals surface area contributed by atoms with E-state index < -0.39 is 0 Å². The first-order valence-corrected chi connectivity index (χ1v) is 11.7. The first-order valence-electron chi connectivity index (χ1n) is 11.7. The molecule has 31 heavy (non-hydrogen) atoms. The van der Waals surface area contributed by atoms with E-state index >= 15 is 0 Å². The van der Waals surface area contributed by atoms with Gasteiger partial charge in [-0.25, -0.2) is 4.98 Å². The summed E-state index contributed by atoms with van der Waals surface area (Å²) in [6.45, 7) is 2.27. The van der Waals surface area contributed by atoms with Crippen molar-refractivity contribution in [2.24, 2.45) is 0 Å². The predicted molar refractivity (Wildman–Crippen MR) is 132 cm³/mol. The number of benzene rings is 3. The third-order valence-corrected chi connectivity index (χ3v) is 5.86. The Kier molecular flexibility index (Phi) is 7.33. The molecule has 0 radical (unpaired) electrons. The highest BCUT2D eigenvalue weighted by Gasteiger charge is 2.15. The van der Waals surface area contributed by atoms with Gasteiger partial charge in [0.2, 0.25) is 0 Å². The van der Waals surface area contributed by atoms with Crippen LogP contribution in [-0.4, -0.2) is 9.97 Å². The lowest BCUT2D eigenvalue weighted by molar-refractivity contribution is 0.607. The number of H-pyrrole nitrogens is 1. The average Bonchev–Trinajstić information content (AvgIpc) is 3.28. The number of nitrogens with zero attached hydrogens (tertiary/aromatic N) is 1. The van der Waals surface area contributed by atoms with Crippen molar-refractivity contribution in [1.82, 2.24) is 9.97 Å². The second kappa shape index (κ2) is 10.8. The molecule has 1 N–H and O–H groups in total. The SMILES string of the molecule is CCCCCCCCc1ccc(-c2nc(-c3ccccc3)c(-c3ccccc3)[nH]2)cc1. The lowest BCUT2D eigenvalue weighted by Crippen LogP contribution is -1.88. The molecule has 0 bridgehead atoms. The van der Waals surface area contributed by atoms with E-state index in [1.165, 1.54) is 44.1 Å². The molecule has 4 rings (SSSR count). The molecular weight excluding hydrogens is 376 g/mol. The maximum atomic E-state index is 5.01. The van der Waals surface area contributed by atoms with Crippen molar-refractivity contribution >= 4 is 0 Å². The molecule has 0 amide bonds. The number of nitrogens with one attached hydrogen (secondary N) is 1. The van der Waals surface area contributed by atoms with Crippen molar-refractivity contribution in [2.45, 2.75) is 51.9 Å². The second-order valence-corrected chi connectivity index (χ2v) is 8.26. The third kappa shape index (κ3) is 5.52. The standard InChI is InChI=1S/C29H32N2/c1-2-3-4-5-6-9-14-23-19-21-26(22-20-23)29-30-27(24-15-10-7-11-16-24)28(31-29)25-17-12-8-13-18-25/h7-8,10-13,15-22H,2-6,9,14H2,1H3,(H,30,31). The van der Waals surface area contributed by atoms with Gasteiger partial charge in [0.15, 0.2) is 0 Å². The zero-order valence-corrected chi connectivity index (χ0v) is 18.5. The van der Waals surface area contributed by atoms with Crippen molar-refractivity contribution in [3.63, 3.8) is 0 Å². The number of hydrogen-bond acceptors (Lipinski definition) is 1. The fourth-order valence-corrected chi connectivity index (χ4v) is 4.07. The number of unbranched alkanes of at least 4 members (excludes halogenated alkanes) is 5. The topological polar surface area (TPSA) is 28.7 Å². The van der Waals surface area contributed by atoms with Gasteiger partial charge in [-0.2, -0.15) is 0 Å². The molecule has 2 heteroatoms. The summed E-state index contributed by atoms with van der Waals surface area (Å²) in [6.07, 6.45) is 9.19. The Hall–Kier alpha value is -3.13. The molecule has 0 aliphatic rings. The van der Waals surface area contributed by atoms with Crippen LogP contribution in [0.15, 0.2) is 84.9 Å². The molecule has 0 atom stereocenters. The van der Waals surface area contributed by atoms with Crippen LogP contribution >= 0.6 is 0 Å². The van der Waals surface area contributed by atoms with Gasteiger partial charge in [0, 0.05) is 16.7 Å². The molecule has 1 aromatic heterocycles. The number of aromatic amines is 1. The molecule has 3 aromatic carbocycles. The minimum atomic E-state index is 0.920. The van der Waals surface area contributed by atoms with Crippen LogP contribution in [0.25, 0.3) is 33.9 Å². The van der Waals surface area contributed by atoms with Gasteiger partial charge in [0.05, 0.1) is 11.4 Å². The zero-order chi connectivity index (χ0) is 21.3. The smallest absolute Gasteiger partial charge is 0.138 e. The Morgan fingerprint density at radius 1 is 0.613 bits per heavy atom. The van der Waals surface area contributed by atoms with E-state index in [1.54, 1.807) is 0 Å². The zero-order valence-electron chi connectivity index (χ0n) is 18.5. The Balaban J connectivity index is 1.52. The predicted octanol–water partition coefficient (Wildman–Crippen LogP) is 8.31. The van der Waals surface area contributed by atoms with Crippen molar-refractivity contribution in [3.05, 3.63) is 90.5 Å². The fraction of sp³-hybridized carbons (Fsp3) is 0.276. The van der Waals surface area contributed by atoms with Crippen molar-refractivity contribution in [3.8, 4) is 33.9 Å². The summed E-state index contributed by atoms with van der Waals surface area (Å²) in [7, 11) is 0. The van der Waals surface area contributed by atoms with Crippen LogP contribution in [0, 0.1) is 0 Å². The fourth-order valence-electron chi connectivity index (χ4n) is 4.07. The molecule has 1 heterocycles. The van der Waals surface area contributed by atoms with Gasteiger partial charge in [-0.05, 0) is 18.4 Å². The highest BCUT2D eigenvalue weighted by atomic mass is 14.9. The Morgan fingerprint density at radius 2 is 1.23 bits per heavy atom. The summed E-state index contributed by atoms with van der Waals surface area (Å²) in [5, 5.41) is 0. The van der Waals surface area contributed by atoms with Gasteiger partial charge in [0.25, 0.3) is 0 Å². The van der Waals surface area contributed by atoms with E-state index in [0.717, 1.165) is 40.3 Å². The molecule has 0 aliphatic heterocycles. The average molecular weight is 409 g/mol. The molecule has 0 fully saturated rings. The summed E-state index contributed by atoms with van der Waals surface area (Å²) in [5.41, 5.74) is 6.89. The molecule has 2 nitrogen and oxygen atoms in total. The second-order valence-electron chi connectivity index (χ2n) is 8.26. The van der Waals surface area contributed by atoms with Crippen LogP contribution in [0.1, 0.15) is 51.0 Å². The number of aryl methyl sites for hydroxylation is 1. The van der Waals surface area contributed by atoms with Crippen LogP contribution in [0.2, 0.25) is 0 Å². The molecule has 0 unspecified atom stereocenters. The maximum Gasteiger partial charge on any atom is 0.138 e. The molecule has 0 saturated carbocycles. The van der Waals surface area contributed by atoms with Gasteiger partial charge in [-0.3, -0.25) is 0 Å². The molecule has 158 valence electrons. The summed E-state index contributed by atoms with van der Waals surface area (Å²) >= 11 is 0. The van der Waals surface area contributed by atoms with Crippen LogP contribution in [0.3, 0.4) is 0 Å². The minimum Gasteiger partial charge on any atom is -0.337 e. The highest BCUT2D eigenvalue weighted by molar-refractivity contribution is 5.81. The normalized spacial score (nSPS) is 11.0. The Labute approximate surface area is 186 Å². The highest BCUT2D eigenvalue weighted by Crippen LogP contribution is 2.33. The van der Waals surface area contributed by atoms with Crippen molar-refractivity contribution in [2.75, 3.05) is 0 Å². The number of hydrogen-bond donors (Lipinski definition) is 1. The quantitative estimate of drug-likeness (QED) is 0.263. The number of aromatic nitrogens is 2. The van der Waals surface area contributed by atoms with Gasteiger partial charge < -0.3 is 4.98 Å². The van der Waals surface area contributed by atoms with Gasteiger partial charge >= 0.3 is 0 Å². The van der Waals surface area contributed by atoms with E-state index in [2.05, 4.69) is 84.7 Å². The van der Waals surface area contributed by atoms with E-state index in [0.29, 0.717) is 0 Å². The van der Waals surface area contributed by atoms with Crippen LogP contribution < -0.4 is 0 Å². The first-order chi connectivity index (χ1) is 15.3. The van der Waals surface area contributed by atoms with Crippen molar-refractivity contribution in [1.29, 1.82) is 0 Å². The summed E-state index contributed by atoms with van der Waals surface area (Å²) in [5.74, 6) is 0.920. The largest absolute Gasteiger partial charge is 0.337 e.